The van der Waals surface area contributed by atoms with Gasteiger partial charge in [-0.05, 0) is 12.1 Å². The Kier molecular flexibility index (Phi) is 1.89. The van der Waals surface area contributed by atoms with E-state index in [0.29, 0.717) is 5.46 Å². The molecule has 0 aliphatic heterocycles. The molecule has 3 nitrogen and oxygen atoms in total. The third-order valence-corrected chi connectivity index (χ3v) is 1.82. The second-order valence-electron chi connectivity index (χ2n) is 2.75. The van der Waals surface area contributed by atoms with Crippen molar-refractivity contribution in [2.45, 2.75) is 0 Å². The maximum absolute atomic E-state index is 5.61. The second-order valence-corrected chi connectivity index (χ2v) is 2.75. The molecule has 0 fully saturated rings. The lowest BCUT2D eigenvalue weighted by atomic mass is 9.96. The van der Waals surface area contributed by atoms with Crippen LogP contribution in [0.15, 0.2) is 24.4 Å². The number of hydrogen-bond donors (Lipinski definition) is 1. The summed E-state index contributed by atoms with van der Waals surface area (Å²) in [6, 6.07) is 5.48. The van der Waals surface area contributed by atoms with Crippen LogP contribution >= 0.6 is 0 Å². The normalized spacial score (nSPS) is 10.2. The smallest absolute Gasteiger partial charge is 0.144 e. The molecule has 0 amide bonds. The highest BCUT2D eigenvalue weighted by Gasteiger charge is 1.97. The largest absolute Gasteiger partial charge is 0.372 e. The van der Waals surface area contributed by atoms with E-state index in [4.69, 9.17) is 7.85 Å². The molecule has 0 atom stereocenters. The van der Waals surface area contributed by atoms with Crippen LogP contribution < -0.4 is 10.8 Å². The second kappa shape index (κ2) is 3.05. The van der Waals surface area contributed by atoms with Crippen molar-refractivity contribution in [2.24, 2.45) is 0 Å². The summed E-state index contributed by atoms with van der Waals surface area (Å²) in [4.78, 5) is 8.51. The predicted octanol–water partition coefficient (Wildman–Crippen LogP) is 0.465. The topological polar surface area (TPSA) is 37.8 Å². The number of rotatable bonds is 1. The third kappa shape index (κ3) is 1.47. The van der Waals surface area contributed by atoms with E-state index in [1.807, 2.05) is 25.2 Å². The molecule has 0 bridgehead atoms. The molecule has 2 radical (unpaired) electrons. The molecule has 2 aromatic rings. The average Bonchev–Trinajstić information content (AvgIpc) is 2.17. The van der Waals surface area contributed by atoms with Gasteiger partial charge in [0.05, 0.1) is 17.2 Å². The lowest BCUT2D eigenvalue weighted by Crippen LogP contribution is -2.02. The molecule has 1 heterocycles. The molecule has 13 heavy (non-hydrogen) atoms. The van der Waals surface area contributed by atoms with Crippen molar-refractivity contribution in [3.05, 3.63) is 24.4 Å². The van der Waals surface area contributed by atoms with E-state index in [2.05, 4.69) is 15.3 Å². The molecule has 0 saturated carbocycles. The summed E-state index contributed by atoms with van der Waals surface area (Å²) in [6.45, 7) is 0. The molecule has 1 aromatic carbocycles. The van der Waals surface area contributed by atoms with Gasteiger partial charge in [-0.25, -0.2) is 4.98 Å². The molecule has 1 aromatic heterocycles. The number of fused-ring (bicyclic) bond motifs is 1. The Morgan fingerprint density at radius 3 is 2.92 bits per heavy atom. The molecule has 62 valence electrons. The Labute approximate surface area is 77.6 Å². The van der Waals surface area contributed by atoms with Crippen LogP contribution in [0.5, 0.6) is 0 Å². The average molecular weight is 169 g/mol. The first-order valence-corrected chi connectivity index (χ1v) is 3.99. The zero-order chi connectivity index (χ0) is 9.26. The fraction of sp³-hybridized carbons (Fsp3) is 0.111. The summed E-state index contributed by atoms with van der Waals surface area (Å²) in [5.74, 6) is 0.761. The molecule has 0 saturated heterocycles. The van der Waals surface area contributed by atoms with Crippen LogP contribution in [0.3, 0.4) is 0 Å². The van der Waals surface area contributed by atoms with E-state index in [0.717, 1.165) is 16.9 Å². The van der Waals surface area contributed by atoms with Gasteiger partial charge in [-0.2, -0.15) is 0 Å². The van der Waals surface area contributed by atoms with Crippen LogP contribution in [0.2, 0.25) is 0 Å². The van der Waals surface area contributed by atoms with Crippen LogP contribution in [0.1, 0.15) is 0 Å². The van der Waals surface area contributed by atoms with Gasteiger partial charge >= 0.3 is 0 Å². The van der Waals surface area contributed by atoms with Gasteiger partial charge in [0.25, 0.3) is 0 Å². The van der Waals surface area contributed by atoms with E-state index in [1.54, 1.807) is 6.20 Å². The van der Waals surface area contributed by atoms with Crippen molar-refractivity contribution in [1.82, 2.24) is 9.97 Å². The molecule has 1 N–H and O–H groups in total. The maximum atomic E-state index is 5.61. The summed E-state index contributed by atoms with van der Waals surface area (Å²) in [7, 11) is 7.42. The van der Waals surface area contributed by atoms with Gasteiger partial charge in [-0.3, -0.25) is 4.98 Å². The zero-order valence-corrected chi connectivity index (χ0v) is 7.28. The third-order valence-electron chi connectivity index (χ3n) is 1.82. The van der Waals surface area contributed by atoms with Gasteiger partial charge in [0.2, 0.25) is 0 Å². The minimum absolute atomic E-state index is 0.707. The van der Waals surface area contributed by atoms with Crippen LogP contribution in [0.25, 0.3) is 11.0 Å². The molecule has 0 spiro atoms. The SMILES string of the molecule is [B]c1ccc2nc(NC)cnc2c1. The van der Waals surface area contributed by atoms with Crippen molar-refractivity contribution >= 4 is 30.2 Å². The van der Waals surface area contributed by atoms with E-state index >= 15 is 0 Å². The number of benzene rings is 1. The summed E-state index contributed by atoms with van der Waals surface area (Å²) in [6.07, 6.45) is 1.68. The number of aromatic nitrogens is 2. The lowest BCUT2D eigenvalue weighted by molar-refractivity contribution is 1.27. The Morgan fingerprint density at radius 1 is 1.31 bits per heavy atom. The first kappa shape index (κ1) is 8.04. The number of nitrogens with one attached hydrogen (secondary N) is 1. The summed E-state index contributed by atoms with van der Waals surface area (Å²) in [5.41, 5.74) is 2.37. The van der Waals surface area contributed by atoms with Crippen molar-refractivity contribution in [2.75, 3.05) is 12.4 Å². The number of anilines is 1. The Morgan fingerprint density at radius 2 is 2.15 bits per heavy atom. The molecule has 0 aliphatic rings. The van der Waals surface area contributed by atoms with Crippen molar-refractivity contribution in [1.29, 1.82) is 0 Å². The van der Waals surface area contributed by atoms with Gasteiger partial charge in [0.15, 0.2) is 0 Å². The molecule has 0 aliphatic carbocycles. The van der Waals surface area contributed by atoms with E-state index in [-0.39, 0.29) is 0 Å². The summed E-state index contributed by atoms with van der Waals surface area (Å²) in [5, 5.41) is 2.93. The Balaban J connectivity index is 2.66. The Hall–Kier alpha value is -1.58. The van der Waals surface area contributed by atoms with Crippen LogP contribution in [-0.4, -0.2) is 24.9 Å². The fourth-order valence-corrected chi connectivity index (χ4v) is 1.15. The van der Waals surface area contributed by atoms with E-state index in [9.17, 15) is 0 Å². The van der Waals surface area contributed by atoms with Gasteiger partial charge in [0, 0.05) is 7.05 Å². The molecule has 2 rings (SSSR count). The maximum Gasteiger partial charge on any atom is 0.144 e. The quantitative estimate of drug-likeness (QED) is 0.630. The minimum Gasteiger partial charge on any atom is -0.372 e. The fourth-order valence-electron chi connectivity index (χ4n) is 1.15. The highest BCUT2D eigenvalue weighted by atomic mass is 15.0. The molecular weight excluding hydrogens is 161 g/mol. The van der Waals surface area contributed by atoms with Crippen molar-refractivity contribution < 1.29 is 0 Å². The van der Waals surface area contributed by atoms with Crippen LogP contribution in [-0.2, 0) is 0 Å². The first-order valence-electron chi connectivity index (χ1n) is 3.99. The van der Waals surface area contributed by atoms with Gasteiger partial charge < -0.3 is 5.32 Å². The summed E-state index contributed by atoms with van der Waals surface area (Å²) >= 11 is 0. The lowest BCUT2D eigenvalue weighted by Gasteiger charge is -2.01. The number of nitrogens with zero attached hydrogens (tertiary/aromatic N) is 2. The van der Waals surface area contributed by atoms with Gasteiger partial charge in [-0.1, -0.05) is 11.5 Å². The van der Waals surface area contributed by atoms with Crippen LogP contribution in [0, 0.1) is 0 Å². The first-order chi connectivity index (χ1) is 6.29. The van der Waals surface area contributed by atoms with Crippen LogP contribution in [0.4, 0.5) is 5.82 Å². The number of hydrogen-bond acceptors (Lipinski definition) is 3. The predicted molar refractivity (Wildman–Crippen MR) is 54.5 cm³/mol. The molecular formula is C9H8BN3. The van der Waals surface area contributed by atoms with Gasteiger partial charge in [0.1, 0.15) is 13.7 Å². The van der Waals surface area contributed by atoms with Gasteiger partial charge in [-0.15, -0.1) is 0 Å². The monoisotopic (exact) mass is 169 g/mol. The Bertz CT molecular complexity index is 442. The standard InChI is InChI=1S/C9H8BN3/c1-11-9-5-12-8-4-6(10)2-3-7(8)13-9/h2-5H,1H3,(H,11,13). The van der Waals surface area contributed by atoms with Crippen molar-refractivity contribution in [3.63, 3.8) is 0 Å². The van der Waals surface area contributed by atoms with Crippen molar-refractivity contribution in [3.8, 4) is 0 Å². The van der Waals surface area contributed by atoms with E-state index < -0.39 is 0 Å². The highest BCUT2D eigenvalue weighted by Crippen LogP contribution is 2.09. The molecule has 4 heteroatoms. The zero-order valence-electron chi connectivity index (χ0n) is 7.28. The minimum atomic E-state index is 0.707. The summed E-state index contributed by atoms with van der Waals surface area (Å²) < 4.78 is 0. The van der Waals surface area contributed by atoms with E-state index in [1.165, 1.54) is 0 Å². The highest BCUT2D eigenvalue weighted by molar-refractivity contribution is 6.33. The molecule has 0 unspecified atom stereocenters.